The molecule has 0 atom stereocenters. The highest BCUT2D eigenvalue weighted by Gasteiger charge is 2.21. The average Bonchev–Trinajstić information content (AvgIpc) is 2.47. The number of hydrogen-bond donors (Lipinski definition) is 0. The summed E-state index contributed by atoms with van der Waals surface area (Å²) in [6, 6.07) is 0.901. The van der Waals surface area contributed by atoms with Crippen LogP contribution in [0.25, 0.3) is 0 Å². The molecule has 1 heterocycles. The number of piperazine rings is 1. The summed E-state index contributed by atoms with van der Waals surface area (Å²) >= 11 is 0. The Hall–Kier alpha value is -0.0800. The predicted molar refractivity (Wildman–Crippen MR) is 54.9 cm³/mol. The summed E-state index contributed by atoms with van der Waals surface area (Å²) in [5.74, 6) is 0. The number of nitrogens with zero attached hydrogens (tertiary/aromatic N) is 2. The molecule has 2 fully saturated rings. The minimum absolute atomic E-state index is 0.901. The molecule has 0 bridgehead atoms. The summed E-state index contributed by atoms with van der Waals surface area (Å²) in [5, 5.41) is 4.40. The van der Waals surface area contributed by atoms with Gasteiger partial charge in [-0.1, -0.05) is 25.7 Å². The number of hydrogen-bond acceptors (Lipinski definition) is 1. The molecule has 2 aliphatic rings. The van der Waals surface area contributed by atoms with Gasteiger partial charge in [-0.05, 0) is 12.8 Å². The van der Waals surface area contributed by atoms with Crippen LogP contribution in [0, 0.1) is 0 Å². The second-order valence-corrected chi connectivity index (χ2v) is 4.35. The molecule has 0 aromatic carbocycles. The molecule has 0 amide bonds. The van der Waals surface area contributed by atoms with E-state index in [1.807, 2.05) is 0 Å². The molecule has 75 valence electrons. The molecule has 2 heteroatoms. The van der Waals surface area contributed by atoms with Crippen LogP contribution < -0.4 is 5.32 Å². The van der Waals surface area contributed by atoms with E-state index in [1.165, 1.54) is 51.6 Å². The third-order valence-electron chi connectivity index (χ3n) is 3.43. The summed E-state index contributed by atoms with van der Waals surface area (Å²) in [4.78, 5) is 2.68. The van der Waals surface area contributed by atoms with Gasteiger partial charge in [-0.2, -0.15) is 0 Å². The fourth-order valence-corrected chi connectivity index (χ4v) is 2.61. The predicted octanol–water partition coefficient (Wildman–Crippen LogP) is 1.63. The Morgan fingerprint density at radius 1 is 0.846 bits per heavy atom. The lowest BCUT2D eigenvalue weighted by Crippen LogP contribution is -2.45. The van der Waals surface area contributed by atoms with E-state index < -0.39 is 0 Å². The van der Waals surface area contributed by atoms with Crippen molar-refractivity contribution in [1.82, 2.24) is 10.2 Å². The molecule has 1 saturated carbocycles. The van der Waals surface area contributed by atoms with E-state index in [2.05, 4.69) is 10.2 Å². The second kappa shape index (κ2) is 4.97. The van der Waals surface area contributed by atoms with Gasteiger partial charge in [-0.25, -0.2) is 5.32 Å². The maximum Gasteiger partial charge on any atom is 0.0261 e. The smallest absolute Gasteiger partial charge is 0.0261 e. The van der Waals surface area contributed by atoms with Crippen LogP contribution in [0.1, 0.15) is 38.5 Å². The minimum Gasteiger partial charge on any atom is -0.298 e. The summed E-state index contributed by atoms with van der Waals surface area (Å²) in [7, 11) is 0. The highest BCUT2D eigenvalue weighted by molar-refractivity contribution is 4.78. The molecular weight excluding hydrogens is 160 g/mol. The van der Waals surface area contributed by atoms with E-state index in [0.29, 0.717) is 0 Å². The van der Waals surface area contributed by atoms with Crippen LogP contribution in [0.4, 0.5) is 0 Å². The Morgan fingerprint density at radius 2 is 1.46 bits per heavy atom. The standard InChI is InChI=1S/C11H21N2/c1-2-4-6-11(5-3-1)13-9-7-12-8-10-13/h11H,1-10H2. The Balaban J connectivity index is 1.82. The van der Waals surface area contributed by atoms with Crippen LogP contribution in [0.15, 0.2) is 0 Å². The first-order valence-electron chi connectivity index (χ1n) is 5.84. The molecule has 1 saturated heterocycles. The molecule has 2 rings (SSSR count). The molecule has 0 spiro atoms. The normalized spacial score (nSPS) is 28.6. The van der Waals surface area contributed by atoms with Crippen molar-refractivity contribution in [3.8, 4) is 0 Å². The Kier molecular flexibility index (Phi) is 3.62. The number of rotatable bonds is 1. The molecule has 2 nitrogen and oxygen atoms in total. The van der Waals surface area contributed by atoms with Crippen LogP contribution in [0.5, 0.6) is 0 Å². The van der Waals surface area contributed by atoms with Crippen molar-refractivity contribution in [2.45, 2.75) is 44.6 Å². The maximum atomic E-state index is 4.40. The van der Waals surface area contributed by atoms with E-state index in [9.17, 15) is 0 Å². The first kappa shape index (κ1) is 9.47. The van der Waals surface area contributed by atoms with Crippen LogP contribution in [-0.4, -0.2) is 37.1 Å². The van der Waals surface area contributed by atoms with Gasteiger partial charge in [-0.15, -0.1) is 0 Å². The molecule has 1 aliphatic heterocycles. The first-order chi connectivity index (χ1) is 6.47. The fourth-order valence-electron chi connectivity index (χ4n) is 2.61. The van der Waals surface area contributed by atoms with E-state index in [0.717, 1.165) is 19.1 Å². The first-order valence-corrected chi connectivity index (χ1v) is 5.84. The van der Waals surface area contributed by atoms with Crippen molar-refractivity contribution in [2.24, 2.45) is 0 Å². The van der Waals surface area contributed by atoms with Gasteiger partial charge in [0.2, 0.25) is 0 Å². The minimum atomic E-state index is 0.901. The topological polar surface area (TPSA) is 17.3 Å². The highest BCUT2D eigenvalue weighted by atomic mass is 15.2. The van der Waals surface area contributed by atoms with E-state index in [-0.39, 0.29) is 0 Å². The molecule has 0 unspecified atom stereocenters. The van der Waals surface area contributed by atoms with E-state index >= 15 is 0 Å². The Labute approximate surface area is 81.7 Å². The van der Waals surface area contributed by atoms with E-state index in [4.69, 9.17) is 0 Å². The van der Waals surface area contributed by atoms with E-state index in [1.54, 1.807) is 0 Å². The molecule has 1 radical (unpaired) electrons. The zero-order valence-electron chi connectivity index (χ0n) is 8.54. The lowest BCUT2D eigenvalue weighted by Gasteiger charge is -2.33. The molecule has 0 aromatic rings. The largest absolute Gasteiger partial charge is 0.298 e. The Bertz CT molecular complexity index is 133. The SMILES string of the molecule is C1CCCC(N2CC[N]CC2)CC1. The fraction of sp³-hybridized carbons (Fsp3) is 1.00. The monoisotopic (exact) mass is 181 g/mol. The Morgan fingerprint density at radius 3 is 2.08 bits per heavy atom. The third kappa shape index (κ3) is 2.68. The van der Waals surface area contributed by atoms with Gasteiger partial charge in [0.15, 0.2) is 0 Å². The van der Waals surface area contributed by atoms with Crippen molar-refractivity contribution in [2.75, 3.05) is 26.2 Å². The summed E-state index contributed by atoms with van der Waals surface area (Å²) in [5.41, 5.74) is 0. The van der Waals surface area contributed by atoms with Crippen molar-refractivity contribution < 1.29 is 0 Å². The molecule has 0 N–H and O–H groups in total. The van der Waals surface area contributed by atoms with Crippen LogP contribution in [0.2, 0.25) is 0 Å². The van der Waals surface area contributed by atoms with Gasteiger partial charge in [0.1, 0.15) is 0 Å². The van der Waals surface area contributed by atoms with Gasteiger partial charge in [0, 0.05) is 32.2 Å². The lowest BCUT2D eigenvalue weighted by molar-refractivity contribution is 0.157. The van der Waals surface area contributed by atoms with Crippen LogP contribution in [-0.2, 0) is 0 Å². The van der Waals surface area contributed by atoms with Gasteiger partial charge >= 0.3 is 0 Å². The van der Waals surface area contributed by atoms with Crippen molar-refractivity contribution in [3.05, 3.63) is 0 Å². The van der Waals surface area contributed by atoms with Gasteiger partial charge in [0.25, 0.3) is 0 Å². The van der Waals surface area contributed by atoms with Crippen LogP contribution in [0.3, 0.4) is 0 Å². The molecule has 13 heavy (non-hydrogen) atoms. The molecule has 0 aromatic heterocycles. The van der Waals surface area contributed by atoms with Gasteiger partial charge < -0.3 is 0 Å². The van der Waals surface area contributed by atoms with Crippen molar-refractivity contribution in [3.63, 3.8) is 0 Å². The molecule has 1 aliphatic carbocycles. The lowest BCUT2D eigenvalue weighted by atomic mass is 10.1. The maximum absolute atomic E-state index is 4.40. The second-order valence-electron chi connectivity index (χ2n) is 4.35. The third-order valence-corrected chi connectivity index (χ3v) is 3.43. The molecular formula is C11H21N2. The summed E-state index contributed by atoms with van der Waals surface area (Å²) in [6.07, 6.45) is 8.74. The average molecular weight is 181 g/mol. The summed E-state index contributed by atoms with van der Waals surface area (Å²) < 4.78 is 0. The zero-order valence-corrected chi connectivity index (χ0v) is 8.54. The zero-order chi connectivity index (χ0) is 8.93. The van der Waals surface area contributed by atoms with Crippen LogP contribution >= 0.6 is 0 Å². The van der Waals surface area contributed by atoms with Crippen molar-refractivity contribution in [1.29, 1.82) is 0 Å². The summed E-state index contributed by atoms with van der Waals surface area (Å²) in [6.45, 7) is 4.61. The van der Waals surface area contributed by atoms with Crippen molar-refractivity contribution >= 4 is 0 Å². The van der Waals surface area contributed by atoms with Gasteiger partial charge in [0.05, 0.1) is 0 Å². The van der Waals surface area contributed by atoms with Gasteiger partial charge in [-0.3, -0.25) is 4.90 Å². The highest BCUT2D eigenvalue weighted by Crippen LogP contribution is 2.21. The quantitative estimate of drug-likeness (QED) is 0.562.